The zero-order valence-corrected chi connectivity index (χ0v) is 17.7. The molecule has 0 spiro atoms. The maximum atomic E-state index is 9.91. The largest absolute Gasteiger partial charge is 0.399 e. The topological polar surface area (TPSA) is 67.2 Å². The van der Waals surface area contributed by atoms with E-state index in [9.17, 15) is 5.26 Å². The molecule has 3 aromatic rings. The Morgan fingerprint density at radius 1 is 1.07 bits per heavy atom. The van der Waals surface area contributed by atoms with Crippen LogP contribution in [0, 0.1) is 11.3 Å². The lowest BCUT2D eigenvalue weighted by molar-refractivity contribution is 0.0372. The third-order valence-electron chi connectivity index (χ3n) is 6.03. The molecule has 0 bridgehead atoms. The molecule has 2 aromatic carbocycles. The second kappa shape index (κ2) is 9.34. The minimum atomic E-state index is 0.732. The molecule has 1 aliphatic rings. The first-order valence-electron chi connectivity index (χ1n) is 10.9. The molecule has 0 saturated carbocycles. The molecule has 1 saturated heterocycles. The normalized spacial score (nSPS) is 14.8. The molecule has 4 rings (SSSR count). The van der Waals surface area contributed by atoms with E-state index in [0.717, 1.165) is 79.2 Å². The van der Waals surface area contributed by atoms with Crippen molar-refractivity contribution in [2.24, 2.45) is 0 Å². The second-order valence-electron chi connectivity index (χ2n) is 7.96. The number of nitriles is 1. The number of hydrogen-bond acceptors (Lipinski definition) is 4. The van der Waals surface area contributed by atoms with Gasteiger partial charge in [0.2, 0.25) is 0 Å². The van der Waals surface area contributed by atoms with Crippen LogP contribution in [0.15, 0.2) is 42.5 Å². The van der Waals surface area contributed by atoms with Gasteiger partial charge in [-0.2, -0.15) is 5.26 Å². The first kappa shape index (κ1) is 20.5. The molecule has 0 radical (unpaired) electrons. The molecule has 1 fully saturated rings. The molecule has 2 N–H and O–H groups in total. The Kier molecular flexibility index (Phi) is 6.37. The monoisotopic (exact) mass is 402 g/mol. The zero-order chi connectivity index (χ0) is 20.9. The van der Waals surface area contributed by atoms with Gasteiger partial charge >= 0.3 is 0 Å². The lowest BCUT2D eigenvalue weighted by Crippen LogP contribution is -2.36. The van der Waals surface area contributed by atoms with Crippen molar-refractivity contribution in [3.63, 3.8) is 0 Å². The number of morpholine rings is 1. The fraction of sp³-hybridized carbons (Fsp3) is 0.400. The molecule has 0 unspecified atom stereocenters. The van der Waals surface area contributed by atoms with Crippen LogP contribution < -0.4 is 5.73 Å². The fourth-order valence-corrected chi connectivity index (χ4v) is 4.42. The number of aromatic nitrogens is 1. The number of nitrogen functional groups attached to an aromatic ring is 1. The number of nitrogens with zero attached hydrogens (tertiary/aromatic N) is 3. The molecule has 156 valence electrons. The van der Waals surface area contributed by atoms with E-state index in [0.29, 0.717) is 0 Å². The minimum Gasteiger partial charge on any atom is -0.399 e. The van der Waals surface area contributed by atoms with E-state index in [1.54, 1.807) is 0 Å². The summed E-state index contributed by atoms with van der Waals surface area (Å²) in [5.74, 6) is 0. The van der Waals surface area contributed by atoms with Crippen LogP contribution in [-0.2, 0) is 17.7 Å². The Morgan fingerprint density at radius 3 is 2.53 bits per heavy atom. The van der Waals surface area contributed by atoms with Crippen molar-refractivity contribution >= 4 is 16.6 Å². The number of benzene rings is 2. The van der Waals surface area contributed by atoms with Gasteiger partial charge in [0.05, 0.1) is 30.0 Å². The Hall–Kier alpha value is -2.81. The quantitative estimate of drug-likeness (QED) is 0.469. The average molecular weight is 403 g/mol. The second-order valence-corrected chi connectivity index (χ2v) is 7.96. The molecule has 5 heteroatoms. The summed E-state index contributed by atoms with van der Waals surface area (Å²) in [7, 11) is 0. The number of fused-ring (bicyclic) bond motifs is 1. The summed E-state index contributed by atoms with van der Waals surface area (Å²) in [5, 5.41) is 10.9. The highest BCUT2D eigenvalue weighted by molar-refractivity contribution is 5.95. The molecular formula is C25H30N4O. The minimum absolute atomic E-state index is 0.732. The number of unbranched alkanes of at least 4 members (excludes halogenated alkanes) is 1. The van der Waals surface area contributed by atoms with Gasteiger partial charge in [0.1, 0.15) is 6.07 Å². The van der Waals surface area contributed by atoms with Gasteiger partial charge in [-0.1, -0.05) is 24.3 Å². The average Bonchev–Trinajstić information content (AvgIpc) is 3.10. The van der Waals surface area contributed by atoms with Crippen LogP contribution in [0.25, 0.3) is 22.2 Å². The summed E-state index contributed by atoms with van der Waals surface area (Å²) >= 11 is 0. The predicted molar refractivity (Wildman–Crippen MR) is 122 cm³/mol. The molecule has 0 aliphatic carbocycles. The molecule has 0 amide bonds. The van der Waals surface area contributed by atoms with E-state index < -0.39 is 0 Å². The van der Waals surface area contributed by atoms with Crippen LogP contribution in [0.2, 0.25) is 0 Å². The maximum Gasteiger partial charge on any atom is 0.102 e. The summed E-state index contributed by atoms with van der Waals surface area (Å²) in [6.45, 7) is 7.94. The van der Waals surface area contributed by atoms with Crippen molar-refractivity contribution in [1.29, 1.82) is 5.26 Å². The van der Waals surface area contributed by atoms with Crippen LogP contribution >= 0.6 is 0 Å². The van der Waals surface area contributed by atoms with E-state index in [1.165, 1.54) is 18.4 Å². The van der Waals surface area contributed by atoms with Gasteiger partial charge in [0.15, 0.2) is 0 Å². The lowest BCUT2D eigenvalue weighted by atomic mass is 10.0. The molecule has 0 atom stereocenters. The molecule has 1 aromatic heterocycles. The number of rotatable bonds is 7. The number of ether oxygens (including phenoxy) is 1. The Morgan fingerprint density at radius 2 is 1.83 bits per heavy atom. The SMILES string of the molecule is CCn1c(-c2ccc(N)cc2)c(C#N)c2ccc(CCCCN3CCOCC3)cc21. The third-order valence-corrected chi connectivity index (χ3v) is 6.03. The molecule has 5 nitrogen and oxygen atoms in total. The van der Waals surface area contributed by atoms with Crippen molar-refractivity contribution < 1.29 is 4.74 Å². The molecule has 2 heterocycles. The summed E-state index contributed by atoms with van der Waals surface area (Å²) in [6, 6.07) is 16.8. The Labute approximate surface area is 178 Å². The standard InChI is InChI=1S/C25H30N4O/c1-2-29-24-17-19(5-3-4-12-28-13-15-30-16-14-28)6-11-22(24)23(18-26)25(29)20-7-9-21(27)10-8-20/h6-11,17H,2-5,12-16,27H2,1H3. The predicted octanol–water partition coefficient (Wildman–Crippen LogP) is 4.44. The highest BCUT2D eigenvalue weighted by atomic mass is 16.5. The van der Waals surface area contributed by atoms with Crippen LogP contribution in [0.3, 0.4) is 0 Å². The third kappa shape index (κ3) is 4.21. The zero-order valence-electron chi connectivity index (χ0n) is 17.7. The van der Waals surface area contributed by atoms with Crippen molar-refractivity contribution in [3.05, 3.63) is 53.6 Å². The first-order valence-corrected chi connectivity index (χ1v) is 10.9. The van der Waals surface area contributed by atoms with Gasteiger partial charge in [0.25, 0.3) is 0 Å². The van der Waals surface area contributed by atoms with Crippen molar-refractivity contribution in [3.8, 4) is 17.3 Å². The number of hydrogen-bond donors (Lipinski definition) is 1. The maximum absolute atomic E-state index is 9.91. The van der Waals surface area contributed by atoms with Gasteiger partial charge in [-0.05, 0) is 62.1 Å². The van der Waals surface area contributed by atoms with Crippen LogP contribution in [0.1, 0.15) is 30.9 Å². The van der Waals surface area contributed by atoms with E-state index in [2.05, 4.69) is 40.7 Å². The van der Waals surface area contributed by atoms with Crippen molar-refractivity contribution in [1.82, 2.24) is 9.47 Å². The van der Waals surface area contributed by atoms with E-state index in [-0.39, 0.29) is 0 Å². The van der Waals surface area contributed by atoms with Crippen LogP contribution in [0.5, 0.6) is 0 Å². The van der Waals surface area contributed by atoms with E-state index >= 15 is 0 Å². The van der Waals surface area contributed by atoms with Crippen LogP contribution in [0.4, 0.5) is 5.69 Å². The number of nitrogens with two attached hydrogens (primary N) is 1. The van der Waals surface area contributed by atoms with Gasteiger partial charge < -0.3 is 15.0 Å². The highest BCUT2D eigenvalue weighted by Gasteiger charge is 2.18. The van der Waals surface area contributed by atoms with Gasteiger partial charge in [0, 0.05) is 30.7 Å². The molecule has 1 aliphatic heterocycles. The highest BCUT2D eigenvalue weighted by Crippen LogP contribution is 2.34. The van der Waals surface area contributed by atoms with Gasteiger partial charge in [-0.15, -0.1) is 0 Å². The van der Waals surface area contributed by atoms with Crippen molar-refractivity contribution in [2.45, 2.75) is 32.7 Å². The van der Waals surface area contributed by atoms with Gasteiger partial charge in [-0.25, -0.2) is 0 Å². The molecule has 30 heavy (non-hydrogen) atoms. The smallest absolute Gasteiger partial charge is 0.102 e. The Balaban J connectivity index is 1.56. The number of anilines is 1. The number of aryl methyl sites for hydroxylation is 2. The summed E-state index contributed by atoms with van der Waals surface area (Å²) in [6.07, 6.45) is 3.44. The fourth-order valence-electron chi connectivity index (χ4n) is 4.42. The van der Waals surface area contributed by atoms with Crippen LogP contribution in [-0.4, -0.2) is 42.3 Å². The Bertz CT molecular complexity index is 1040. The first-order chi connectivity index (χ1) is 14.7. The van der Waals surface area contributed by atoms with E-state index in [1.807, 2.05) is 24.3 Å². The van der Waals surface area contributed by atoms with Gasteiger partial charge in [-0.3, -0.25) is 4.90 Å². The van der Waals surface area contributed by atoms with E-state index in [4.69, 9.17) is 10.5 Å². The summed E-state index contributed by atoms with van der Waals surface area (Å²) in [4.78, 5) is 2.49. The summed E-state index contributed by atoms with van der Waals surface area (Å²) in [5.41, 5.74) is 11.8. The molecular weight excluding hydrogens is 372 g/mol. The van der Waals surface area contributed by atoms with Crippen molar-refractivity contribution in [2.75, 3.05) is 38.6 Å². The summed E-state index contributed by atoms with van der Waals surface area (Å²) < 4.78 is 7.68. The lowest BCUT2D eigenvalue weighted by Gasteiger charge is -2.26.